The van der Waals surface area contributed by atoms with Crippen LogP contribution in [0.25, 0.3) is 11.5 Å². The monoisotopic (exact) mass is 286 g/mol. The second-order valence-corrected chi connectivity index (χ2v) is 4.88. The van der Waals surface area contributed by atoms with Crippen LogP contribution in [0.3, 0.4) is 0 Å². The van der Waals surface area contributed by atoms with E-state index in [1.807, 2.05) is 11.4 Å². The average Bonchev–Trinajstić information content (AvgIpc) is 3.09. The molecule has 2 N–H and O–H groups in total. The van der Waals surface area contributed by atoms with Gasteiger partial charge in [-0.05, 0) is 30.3 Å². The van der Waals surface area contributed by atoms with Gasteiger partial charge < -0.3 is 14.8 Å². The molecular formula is C14H10N2O3S. The molecule has 0 atom stereocenters. The van der Waals surface area contributed by atoms with Crippen molar-refractivity contribution in [1.82, 2.24) is 4.98 Å². The molecule has 0 unspecified atom stereocenters. The molecule has 6 heteroatoms. The van der Waals surface area contributed by atoms with Crippen LogP contribution in [-0.4, -0.2) is 16.1 Å². The Morgan fingerprint density at radius 1 is 1.30 bits per heavy atom. The van der Waals surface area contributed by atoms with Gasteiger partial charge >= 0.3 is 5.97 Å². The molecule has 2 aromatic heterocycles. The van der Waals surface area contributed by atoms with Crippen LogP contribution in [0.2, 0.25) is 0 Å². The third kappa shape index (κ3) is 2.55. The normalized spacial score (nSPS) is 10.4. The maximum Gasteiger partial charge on any atom is 0.335 e. The Kier molecular flexibility index (Phi) is 3.22. The third-order valence-electron chi connectivity index (χ3n) is 2.64. The second kappa shape index (κ2) is 5.18. The predicted molar refractivity (Wildman–Crippen MR) is 76.5 cm³/mol. The Labute approximate surface area is 118 Å². The molecule has 0 aliphatic heterocycles. The number of hydrogen-bond donors (Lipinski definition) is 2. The molecule has 0 saturated heterocycles. The topological polar surface area (TPSA) is 75.4 Å². The number of aromatic carboxylic acids is 1. The van der Waals surface area contributed by atoms with Crippen molar-refractivity contribution < 1.29 is 14.3 Å². The van der Waals surface area contributed by atoms with Gasteiger partial charge in [-0.25, -0.2) is 9.78 Å². The molecule has 0 saturated carbocycles. The first-order valence-electron chi connectivity index (χ1n) is 5.82. The first-order valence-corrected chi connectivity index (χ1v) is 6.70. The second-order valence-electron chi connectivity index (χ2n) is 4.03. The molecule has 5 nitrogen and oxygen atoms in total. The van der Waals surface area contributed by atoms with Crippen molar-refractivity contribution in [2.75, 3.05) is 5.32 Å². The molecule has 0 spiro atoms. The Balaban J connectivity index is 1.81. The number of carbonyl (C=O) groups is 1. The van der Waals surface area contributed by atoms with E-state index in [0.29, 0.717) is 16.6 Å². The van der Waals surface area contributed by atoms with Crippen molar-refractivity contribution in [3.05, 3.63) is 53.6 Å². The SMILES string of the molecule is O=C(O)c1cccc(Nc2nc(-c3ccco3)cs2)c1. The number of thiazole rings is 1. The summed E-state index contributed by atoms with van der Waals surface area (Å²) in [6.45, 7) is 0. The number of carboxylic acid groups (broad SMARTS) is 1. The van der Waals surface area contributed by atoms with Gasteiger partial charge in [0.2, 0.25) is 0 Å². The fraction of sp³-hybridized carbons (Fsp3) is 0. The van der Waals surface area contributed by atoms with E-state index in [0.717, 1.165) is 5.69 Å². The minimum Gasteiger partial charge on any atom is -0.478 e. The summed E-state index contributed by atoms with van der Waals surface area (Å²) < 4.78 is 5.27. The lowest BCUT2D eigenvalue weighted by atomic mass is 10.2. The number of furan rings is 1. The smallest absolute Gasteiger partial charge is 0.335 e. The molecular weight excluding hydrogens is 276 g/mol. The van der Waals surface area contributed by atoms with Gasteiger partial charge in [-0.1, -0.05) is 6.07 Å². The Bertz CT molecular complexity index is 734. The average molecular weight is 286 g/mol. The highest BCUT2D eigenvalue weighted by molar-refractivity contribution is 7.14. The van der Waals surface area contributed by atoms with Gasteiger partial charge in [-0.2, -0.15) is 0 Å². The van der Waals surface area contributed by atoms with E-state index in [9.17, 15) is 4.79 Å². The maximum atomic E-state index is 10.9. The van der Waals surface area contributed by atoms with E-state index < -0.39 is 5.97 Å². The number of nitrogens with zero attached hydrogens (tertiary/aromatic N) is 1. The molecule has 0 radical (unpaired) electrons. The molecule has 3 rings (SSSR count). The number of benzene rings is 1. The van der Waals surface area contributed by atoms with Gasteiger partial charge in [-0.15, -0.1) is 11.3 Å². The van der Waals surface area contributed by atoms with Crippen molar-refractivity contribution >= 4 is 28.1 Å². The zero-order chi connectivity index (χ0) is 13.9. The first-order chi connectivity index (χ1) is 9.72. The number of rotatable bonds is 4. The van der Waals surface area contributed by atoms with Crippen molar-refractivity contribution in [2.45, 2.75) is 0 Å². The van der Waals surface area contributed by atoms with Gasteiger partial charge in [-0.3, -0.25) is 0 Å². The van der Waals surface area contributed by atoms with E-state index in [1.165, 1.54) is 11.3 Å². The lowest BCUT2D eigenvalue weighted by molar-refractivity contribution is 0.0697. The lowest BCUT2D eigenvalue weighted by Gasteiger charge is -2.03. The molecule has 2 heterocycles. The van der Waals surface area contributed by atoms with Crippen molar-refractivity contribution in [3.8, 4) is 11.5 Å². The van der Waals surface area contributed by atoms with Gasteiger partial charge in [0.25, 0.3) is 0 Å². The maximum absolute atomic E-state index is 10.9. The van der Waals surface area contributed by atoms with E-state index in [2.05, 4.69) is 10.3 Å². The van der Waals surface area contributed by atoms with Crippen LogP contribution in [0.5, 0.6) is 0 Å². The molecule has 100 valence electrons. The Morgan fingerprint density at radius 2 is 2.20 bits per heavy atom. The highest BCUT2D eigenvalue weighted by atomic mass is 32.1. The van der Waals surface area contributed by atoms with Crippen LogP contribution in [0.4, 0.5) is 10.8 Å². The summed E-state index contributed by atoms with van der Waals surface area (Å²) >= 11 is 1.43. The largest absolute Gasteiger partial charge is 0.478 e. The first kappa shape index (κ1) is 12.4. The molecule has 0 fully saturated rings. The fourth-order valence-electron chi connectivity index (χ4n) is 1.72. The third-order valence-corrected chi connectivity index (χ3v) is 3.40. The number of anilines is 2. The zero-order valence-electron chi connectivity index (χ0n) is 10.2. The van der Waals surface area contributed by atoms with Gasteiger partial charge in [0, 0.05) is 11.1 Å². The molecule has 1 aromatic carbocycles. The van der Waals surface area contributed by atoms with E-state index >= 15 is 0 Å². The molecule has 0 amide bonds. The summed E-state index contributed by atoms with van der Waals surface area (Å²) in [6.07, 6.45) is 1.60. The molecule has 0 bridgehead atoms. The van der Waals surface area contributed by atoms with Gasteiger partial charge in [0.15, 0.2) is 10.9 Å². The van der Waals surface area contributed by atoms with Crippen LogP contribution in [0, 0.1) is 0 Å². The van der Waals surface area contributed by atoms with Crippen LogP contribution < -0.4 is 5.32 Å². The van der Waals surface area contributed by atoms with Crippen LogP contribution >= 0.6 is 11.3 Å². The van der Waals surface area contributed by atoms with E-state index in [1.54, 1.807) is 36.6 Å². The van der Waals surface area contributed by atoms with Crippen LogP contribution in [-0.2, 0) is 0 Å². The fourth-order valence-corrected chi connectivity index (χ4v) is 2.44. The molecule has 20 heavy (non-hydrogen) atoms. The molecule has 0 aliphatic carbocycles. The van der Waals surface area contributed by atoms with Crippen LogP contribution in [0.1, 0.15) is 10.4 Å². The van der Waals surface area contributed by atoms with E-state index in [-0.39, 0.29) is 5.56 Å². The summed E-state index contributed by atoms with van der Waals surface area (Å²) in [6, 6.07) is 10.2. The number of carboxylic acids is 1. The summed E-state index contributed by atoms with van der Waals surface area (Å²) in [5, 5.41) is 14.6. The summed E-state index contributed by atoms with van der Waals surface area (Å²) in [7, 11) is 0. The highest BCUT2D eigenvalue weighted by Gasteiger charge is 2.08. The summed E-state index contributed by atoms with van der Waals surface area (Å²) in [5.74, 6) is -0.252. The standard InChI is InChI=1S/C14H10N2O3S/c17-13(18)9-3-1-4-10(7-9)15-14-16-11(8-20-14)12-5-2-6-19-12/h1-8H,(H,15,16)(H,17,18). The van der Waals surface area contributed by atoms with Crippen molar-refractivity contribution in [2.24, 2.45) is 0 Å². The Morgan fingerprint density at radius 3 is 2.95 bits per heavy atom. The minimum absolute atomic E-state index is 0.234. The van der Waals surface area contributed by atoms with Gasteiger partial charge in [0.05, 0.1) is 11.8 Å². The van der Waals surface area contributed by atoms with Crippen molar-refractivity contribution in [3.63, 3.8) is 0 Å². The Hall–Kier alpha value is -2.60. The quantitative estimate of drug-likeness (QED) is 0.762. The highest BCUT2D eigenvalue weighted by Crippen LogP contribution is 2.27. The predicted octanol–water partition coefficient (Wildman–Crippen LogP) is 3.84. The minimum atomic E-state index is -0.955. The van der Waals surface area contributed by atoms with E-state index in [4.69, 9.17) is 9.52 Å². The molecule has 0 aliphatic rings. The lowest BCUT2D eigenvalue weighted by Crippen LogP contribution is -1.97. The van der Waals surface area contributed by atoms with Crippen molar-refractivity contribution in [1.29, 1.82) is 0 Å². The zero-order valence-corrected chi connectivity index (χ0v) is 11.1. The number of aromatic nitrogens is 1. The van der Waals surface area contributed by atoms with Crippen LogP contribution in [0.15, 0.2) is 52.5 Å². The number of hydrogen-bond acceptors (Lipinski definition) is 5. The van der Waals surface area contributed by atoms with Gasteiger partial charge in [0.1, 0.15) is 5.69 Å². The number of nitrogens with one attached hydrogen (secondary N) is 1. The molecule has 3 aromatic rings. The summed E-state index contributed by atoms with van der Waals surface area (Å²) in [4.78, 5) is 15.3. The summed E-state index contributed by atoms with van der Waals surface area (Å²) in [5.41, 5.74) is 1.67.